The first-order valence-electron chi connectivity index (χ1n) is 9.76. The van der Waals surface area contributed by atoms with Gasteiger partial charge in [0.1, 0.15) is 5.01 Å². The number of aromatic nitrogens is 1. The van der Waals surface area contributed by atoms with Gasteiger partial charge in [0, 0.05) is 16.5 Å². The fourth-order valence-corrected chi connectivity index (χ4v) is 3.98. The van der Waals surface area contributed by atoms with E-state index in [0.717, 1.165) is 22.3 Å². The van der Waals surface area contributed by atoms with Crippen molar-refractivity contribution in [1.29, 1.82) is 0 Å². The lowest BCUT2D eigenvalue weighted by Gasteiger charge is -2.14. The van der Waals surface area contributed by atoms with Crippen LogP contribution in [0.3, 0.4) is 0 Å². The second kappa shape index (κ2) is 9.31. The second-order valence-corrected chi connectivity index (χ2v) is 8.13. The minimum atomic E-state index is -0.917. The molecule has 3 aromatic rings. The van der Waals surface area contributed by atoms with Gasteiger partial charge in [0.25, 0.3) is 0 Å². The number of carbonyl (C=O) groups is 2. The molecule has 7 heteroatoms. The molecule has 0 aliphatic carbocycles. The smallest absolute Gasteiger partial charge is 0.358 e. The Morgan fingerprint density at radius 1 is 0.935 bits per heavy atom. The van der Waals surface area contributed by atoms with E-state index < -0.39 is 12.1 Å². The van der Waals surface area contributed by atoms with Gasteiger partial charge in [-0.15, -0.1) is 11.3 Å². The van der Waals surface area contributed by atoms with Crippen molar-refractivity contribution in [3.8, 4) is 22.1 Å². The minimum absolute atomic E-state index is 0.159. The van der Waals surface area contributed by atoms with Crippen LogP contribution in [0.1, 0.15) is 44.5 Å². The van der Waals surface area contributed by atoms with Crippen LogP contribution in [0.2, 0.25) is 0 Å². The number of Topliss-reactive ketones (excluding diaryl/α,β-unsaturated/α-hetero) is 1. The fourth-order valence-electron chi connectivity index (χ4n) is 3.19. The van der Waals surface area contributed by atoms with Gasteiger partial charge >= 0.3 is 5.97 Å². The molecule has 0 aliphatic rings. The van der Waals surface area contributed by atoms with Crippen molar-refractivity contribution in [3.63, 3.8) is 0 Å². The molecule has 0 saturated heterocycles. The van der Waals surface area contributed by atoms with Gasteiger partial charge in [0.2, 0.25) is 5.78 Å². The van der Waals surface area contributed by atoms with Crippen LogP contribution < -0.4 is 9.47 Å². The van der Waals surface area contributed by atoms with E-state index in [1.54, 1.807) is 38.7 Å². The highest BCUT2D eigenvalue weighted by Crippen LogP contribution is 2.33. The van der Waals surface area contributed by atoms with Gasteiger partial charge in [0.05, 0.1) is 14.2 Å². The maximum atomic E-state index is 12.8. The largest absolute Gasteiger partial charge is 0.493 e. The molecule has 0 saturated carbocycles. The summed E-state index contributed by atoms with van der Waals surface area (Å²) >= 11 is 1.31. The van der Waals surface area contributed by atoms with Crippen LogP contribution in [-0.4, -0.2) is 37.1 Å². The number of ketones is 1. The summed E-state index contributed by atoms with van der Waals surface area (Å²) in [7, 11) is 3.12. The third-order valence-electron chi connectivity index (χ3n) is 5.10. The fraction of sp³-hybridized carbons (Fsp3) is 0.292. The van der Waals surface area contributed by atoms with Gasteiger partial charge in [-0.2, -0.15) is 0 Å². The highest BCUT2D eigenvalue weighted by atomic mass is 32.1. The van der Waals surface area contributed by atoms with Crippen LogP contribution in [0.15, 0.2) is 35.7 Å². The Bertz CT molecular complexity index is 1130. The molecule has 0 spiro atoms. The predicted octanol–water partition coefficient (Wildman–Crippen LogP) is 5.18. The third kappa shape index (κ3) is 4.77. The molecule has 0 bridgehead atoms. The molecular formula is C24H25NO5S. The van der Waals surface area contributed by atoms with Crippen molar-refractivity contribution in [1.82, 2.24) is 4.98 Å². The number of benzene rings is 2. The topological polar surface area (TPSA) is 74.7 Å². The van der Waals surface area contributed by atoms with Gasteiger partial charge in [-0.05, 0) is 68.7 Å². The van der Waals surface area contributed by atoms with E-state index in [1.165, 1.54) is 11.3 Å². The van der Waals surface area contributed by atoms with E-state index in [4.69, 9.17) is 14.2 Å². The zero-order chi connectivity index (χ0) is 22.7. The van der Waals surface area contributed by atoms with Crippen LogP contribution in [0.4, 0.5) is 0 Å². The summed E-state index contributed by atoms with van der Waals surface area (Å²) in [6.07, 6.45) is -0.917. The van der Waals surface area contributed by atoms with Gasteiger partial charge in [-0.3, -0.25) is 4.79 Å². The van der Waals surface area contributed by atoms with Crippen molar-refractivity contribution < 1.29 is 23.8 Å². The summed E-state index contributed by atoms with van der Waals surface area (Å²) in [5.41, 5.74) is 4.51. The Labute approximate surface area is 185 Å². The van der Waals surface area contributed by atoms with E-state index in [9.17, 15) is 9.59 Å². The molecule has 3 rings (SSSR count). The van der Waals surface area contributed by atoms with Crippen molar-refractivity contribution in [2.24, 2.45) is 0 Å². The highest BCUT2D eigenvalue weighted by Gasteiger charge is 2.24. The predicted molar refractivity (Wildman–Crippen MR) is 121 cm³/mol. The molecule has 1 unspecified atom stereocenters. The zero-order valence-corrected chi connectivity index (χ0v) is 19.3. The molecule has 1 aromatic heterocycles. The summed E-state index contributed by atoms with van der Waals surface area (Å²) in [5, 5.41) is 2.25. The summed E-state index contributed by atoms with van der Waals surface area (Å²) < 4.78 is 16.0. The zero-order valence-electron chi connectivity index (χ0n) is 18.4. The Balaban J connectivity index is 1.75. The molecule has 1 atom stereocenters. The average Bonchev–Trinajstić information content (AvgIpc) is 3.25. The van der Waals surface area contributed by atoms with Gasteiger partial charge < -0.3 is 14.2 Å². The second-order valence-electron chi connectivity index (χ2n) is 7.27. The summed E-state index contributed by atoms with van der Waals surface area (Å²) in [6.45, 7) is 7.41. The van der Waals surface area contributed by atoms with Gasteiger partial charge in [-0.25, -0.2) is 9.78 Å². The van der Waals surface area contributed by atoms with Crippen molar-refractivity contribution >= 4 is 23.1 Å². The molecular weight excluding hydrogens is 414 g/mol. The highest BCUT2D eigenvalue weighted by molar-refractivity contribution is 7.13. The first-order valence-corrected chi connectivity index (χ1v) is 10.6. The minimum Gasteiger partial charge on any atom is -0.493 e. The standard InChI is InChI=1S/C24H25NO5S/c1-13-9-15(3)18(10-14(13)2)22(26)16(4)30-24(27)19-12-31-23(25-19)17-7-8-20(28-5)21(11-17)29-6/h7-12,16H,1-6H3. The van der Waals surface area contributed by atoms with E-state index in [0.29, 0.717) is 22.1 Å². The van der Waals surface area contributed by atoms with Gasteiger partial charge in [-0.1, -0.05) is 6.07 Å². The SMILES string of the molecule is COc1ccc(-c2nc(C(=O)OC(C)C(=O)c3cc(C)c(C)cc3C)cs2)cc1OC. The van der Waals surface area contributed by atoms with Crippen molar-refractivity contribution in [3.05, 3.63) is 63.7 Å². The lowest BCUT2D eigenvalue weighted by atomic mass is 9.96. The molecule has 0 N–H and O–H groups in total. The molecule has 6 nitrogen and oxygen atoms in total. The molecule has 0 fully saturated rings. The third-order valence-corrected chi connectivity index (χ3v) is 5.99. The average molecular weight is 440 g/mol. The molecule has 0 radical (unpaired) electrons. The lowest BCUT2D eigenvalue weighted by molar-refractivity contribution is 0.0313. The van der Waals surface area contributed by atoms with Crippen molar-refractivity contribution in [2.45, 2.75) is 33.8 Å². The number of esters is 1. The monoisotopic (exact) mass is 439 g/mol. The molecule has 162 valence electrons. The Morgan fingerprint density at radius 2 is 1.61 bits per heavy atom. The van der Waals surface area contributed by atoms with E-state index in [2.05, 4.69) is 4.98 Å². The lowest BCUT2D eigenvalue weighted by Crippen LogP contribution is -2.25. The molecule has 0 amide bonds. The number of thiazole rings is 1. The number of methoxy groups -OCH3 is 2. The van der Waals surface area contributed by atoms with Gasteiger partial charge in [0.15, 0.2) is 23.3 Å². The van der Waals surface area contributed by atoms with E-state index in [-0.39, 0.29) is 11.5 Å². The van der Waals surface area contributed by atoms with Crippen LogP contribution >= 0.6 is 11.3 Å². The van der Waals surface area contributed by atoms with Crippen LogP contribution in [0, 0.1) is 20.8 Å². The number of hydrogen-bond donors (Lipinski definition) is 0. The normalized spacial score (nSPS) is 11.7. The van der Waals surface area contributed by atoms with Crippen molar-refractivity contribution in [2.75, 3.05) is 14.2 Å². The number of rotatable bonds is 7. The van der Waals surface area contributed by atoms with Crippen LogP contribution in [0.25, 0.3) is 10.6 Å². The van der Waals surface area contributed by atoms with E-state index in [1.807, 2.05) is 39.0 Å². The first kappa shape index (κ1) is 22.5. The summed E-state index contributed by atoms with van der Waals surface area (Å²) in [6, 6.07) is 9.22. The number of nitrogens with zero attached hydrogens (tertiary/aromatic N) is 1. The number of aryl methyl sites for hydroxylation is 3. The maximum absolute atomic E-state index is 12.8. The van der Waals surface area contributed by atoms with E-state index >= 15 is 0 Å². The first-order chi connectivity index (χ1) is 14.7. The molecule has 31 heavy (non-hydrogen) atoms. The Kier molecular flexibility index (Phi) is 6.75. The number of carbonyl (C=O) groups excluding carboxylic acids is 2. The Hall–Kier alpha value is -3.19. The number of ether oxygens (including phenoxy) is 3. The summed E-state index contributed by atoms with van der Waals surface area (Å²) in [5.74, 6) is 0.313. The molecule has 0 aliphatic heterocycles. The summed E-state index contributed by atoms with van der Waals surface area (Å²) in [4.78, 5) is 29.8. The Morgan fingerprint density at radius 3 is 2.29 bits per heavy atom. The maximum Gasteiger partial charge on any atom is 0.358 e. The quantitative estimate of drug-likeness (QED) is 0.373. The van der Waals surface area contributed by atoms with Crippen LogP contribution in [-0.2, 0) is 4.74 Å². The number of hydrogen-bond acceptors (Lipinski definition) is 7. The molecule has 1 heterocycles. The molecule has 2 aromatic carbocycles. The van der Waals surface area contributed by atoms with Crippen LogP contribution in [0.5, 0.6) is 11.5 Å².